The molecule has 1 N–H and O–H groups in total. The normalized spacial score (nSPS) is 24.6. The molecule has 1 nitrogen and oxygen atoms in total. The average Bonchev–Trinajstić information content (AvgIpc) is 2.46. The van der Waals surface area contributed by atoms with Crippen molar-refractivity contribution < 1.29 is 8.78 Å². The molecular formula is C11H13F2N. The van der Waals surface area contributed by atoms with E-state index in [1.165, 1.54) is 6.07 Å². The van der Waals surface area contributed by atoms with Crippen molar-refractivity contribution in [3.8, 4) is 0 Å². The molecular weight excluding hydrogens is 184 g/mol. The second-order valence-electron chi connectivity index (χ2n) is 4.08. The summed E-state index contributed by atoms with van der Waals surface area (Å²) in [5.74, 6) is -0.984. The quantitative estimate of drug-likeness (QED) is 0.729. The Morgan fingerprint density at radius 1 is 1.43 bits per heavy atom. The monoisotopic (exact) mass is 197 g/mol. The Hall–Kier alpha value is -1.12. The first-order chi connectivity index (χ1) is 6.57. The van der Waals surface area contributed by atoms with Crippen LogP contribution in [-0.2, 0) is 5.41 Å². The molecule has 0 fully saturated rings. The van der Waals surface area contributed by atoms with Crippen LogP contribution in [-0.4, -0.2) is 6.54 Å². The molecule has 1 unspecified atom stereocenters. The Morgan fingerprint density at radius 2 is 2.14 bits per heavy atom. The molecule has 76 valence electrons. The largest absolute Gasteiger partial charge is 0.382 e. The van der Waals surface area contributed by atoms with Crippen molar-refractivity contribution in [3.63, 3.8) is 0 Å². The number of nitrogens with one attached hydrogen (secondary N) is 1. The zero-order valence-electron chi connectivity index (χ0n) is 8.32. The first-order valence-electron chi connectivity index (χ1n) is 4.80. The predicted octanol–water partition coefficient (Wildman–Crippen LogP) is 3.06. The number of anilines is 1. The minimum absolute atomic E-state index is 0.141. The third kappa shape index (κ3) is 1.19. The number of hydrogen-bond acceptors (Lipinski definition) is 1. The average molecular weight is 197 g/mol. The van der Waals surface area contributed by atoms with Gasteiger partial charge in [0.05, 0.1) is 5.69 Å². The van der Waals surface area contributed by atoms with Crippen LogP contribution in [0.2, 0.25) is 0 Å². The van der Waals surface area contributed by atoms with Crippen molar-refractivity contribution >= 4 is 5.69 Å². The predicted molar refractivity (Wildman–Crippen MR) is 52.5 cm³/mol. The van der Waals surface area contributed by atoms with E-state index in [0.29, 0.717) is 12.2 Å². The van der Waals surface area contributed by atoms with Crippen molar-refractivity contribution in [2.75, 3.05) is 11.9 Å². The van der Waals surface area contributed by atoms with E-state index in [2.05, 4.69) is 5.32 Å². The van der Waals surface area contributed by atoms with E-state index in [1.807, 2.05) is 13.8 Å². The summed E-state index contributed by atoms with van der Waals surface area (Å²) in [5, 5.41) is 3.00. The number of rotatable bonds is 1. The summed E-state index contributed by atoms with van der Waals surface area (Å²) in [5.41, 5.74) is 1.09. The van der Waals surface area contributed by atoms with Gasteiger partial charge in [-0.1, -0.05) is 13.8 Å². The van der Waals surface area contributed by atoms with E-state index in [9.17, 15) is 8.78 Å². The molecule has 1 aromatic carbocycles. The summed E-state index contributed by atoms with van der Waals surface area (Å²) in [6.07, 6.45) is 0.871. The fraction of sp³-hybridized carbons (Fsp3) is 0.455. The van der Waals surface area contributed by atoms with Gasteiger partial charge in [-0.05, 0) is 18.1 Å². The Balaban J connectivity index is 2.60. The van der Waals surface area contributed by atoms with Gasteiger partial charge in [-0.25, -0.2) is 8.78 Å². The lowest BCUT2D eigenvalue weighted by Crippen LogP contribution is -2.22. The van der Waals surface area contributed by atoms with Crippen molar-refractivity contribution in [1.82, 2.24) is 0 Å². The van der Waals surface area contributed by atoms with Gasteiger partial charge in [0, 0.05) is 18.0 Å². The van der Waals surface area contributed by atoms with Crippen molar-refractivity contribution in [2.24, 2.45) is 0 Å². The van der Waals surface area contributed by atoms with Gasteiger partial charge >= 0.3 is 0 Å². The number of hydrogen-bond donors (Lipinski definition) is 1. The SMILES string of the molecule is CCC1(C)CNc2c(F)cc(F)cc21. The molecule has 1 aliphatic heterocycles. The zero-order chi connectivity index (χ0) is 10.3. The Bertz CT molecular complexity index is 376. The van der Waals surface area contributed by atoms with E-state index in [0.717, 1.165) is 18.1 Å². The lowest BCUT2D eigenvalue weighted by atomic mass is 9.82. The fourth-order valence-corrected chi connectivity index (χ4v) is 1.92. The number of fused-ring (bicyclic) bond motifs is 1. The number of halogens is 2. The van der Waals surface area contributed by atoms with Crippen molar-refractivity contribution in [1.29, 1.82) is 0 Å². The van der Waals surface area contributed by atoms with Crippen LogP contribution in [0.5, 0.6) is 0 Å². The maximum Gasteiger partial charge on any atom is 0.149 e. The van der Waals surface area contributed by atoms with Crippen LogP contribution in [0, 0.1) is 11.6 Å². The van der Waals surface area contributed by atoms with Crippen LogP contribution in [0.25, 0.3) is 0 Å². The molecule has 0 spiro atoms. The standard InChI is InChI=1S/C11H13F2N/c1-3-11(2)6-14-10-8(11)4-7(12)5-9(10)13/h4-5,14H,3,6H2,1-2H3. The van der Waals surface area contributed by atoms with Gasteiger partial charge in [-0.15, -0.1) is 0 Å². The van der Waals surface area contributed by atoms with Gasteiger partial charge in [0.1, 0.15) is 11.6 Å². The van der Waals surface area contributed by atoms with Gasteiger partial charge in [-0.3, -0.25) is 0 Å². The van der Waals surface area contributed by atoms with E-state index in [4.69, 9.17) is 0 Å². The molecule has 0 saturated carbocycles. The second-order valence-corrected chi connectivity index (χ2v) is 4.08. The van der Waals surface area contributed by atoms with Crippen LogP contribution in [0.3, 0.4) is 0 Å². The van der Waals surface area contributed by atoms with Gasteiger partial charge in [0.25, 0.3) is 0 Å². The van der Waals surface area contributed by atoms with Crippen LogP contribution in [0.4, 0.5) is 14.5 Å². The Labute approximate surface area is 82.1 Å². The Kier molecular flexibility index (Phi) is 1.98. The Morgan fingerprint density at radius 3 is 2.79 bits per heavy atom. The van der Waals surface area contributed by atoms with Crippen LogP contribution < -0.4 is 5.32 Å². The van der Waals surface area contributed by atoms with E-state index < -0.39 is 11.6 Å². The molecule has 1 aromatic rings. The van der Waals surface area contributed by atoms with Crippen LogP contribution in [0.1, 0.15) is 25.8 Å². The van der Waals surface area contributed by atoms with Gasteiger partial charge < -0.3 is 5.32 Å². The molecule has 3 heteroatoms. The first-order valence-corrected chi connectivity index (χ1v) is 4.80. The summed E-state index contributed by atoms with van der Waals surface area (Å²) in [7, 11) is 0. The maximum absolute atomic E-state index is 13.3. The minimum atomic E-state index is -0.496. The van der Waals surface area contributed by atoms with Crippen LogP contribution in [0.15, 0.2) is 12.1 Å². The first kappa shape index (κ1) is 9.44. The lowest BCUT2D eigenvalue weighted by Gasteiger charge is -2.21. The molecule has 0 saturated heterocycles. The lowest BCUT2D eigenvalue weighted by molar-refractivity contribution is 0.498. The van der Waals surface area contributed by atoms with Crippen LogP contribution >= 0.6 is 0 Å². The number of benzene rings is 1. The molecule has 2 rings (SSSR count). The fourth-order valence-electron chi connectivity index (χ4n) is 1.92. The summed E-state index contributed by atoms with van der Waals surface area (Å²) >= 11 is 0. The summed E-state index contributed by atoms with van der Waals surface area (Å²) in [4.78, 5) is 0. The second kappa shape index (κ2) is 2.94. The maximum atomic E-state index is 13.3. The molecule has 0 aliphatic carbocycles. The smallest absolute Gasteiger partial charge is 0.149 e. The molecule has 1 heterocycles. The third-order valence-electron chi connectivity index (χ3n) is 3.14. The van der Waals surface area contributed by atoms with Crippen molar-refractivity contribution in [3.05, 3.63) is 29.3 Å². The molecule has 0 amide bonds. The highest BCUT2D eigenvalue weighted by Crippen LogP contribution is 2.40. The van der Waals surface area contributed by atoms with E-state index in [-0.39, 0.29) is 5.41 Å². The summed E-state index contributed by atoms with van der Waals surface area (Å²) < 4.78 is 26.4. The third-order valence-corrected chi connectivity index (χ3v) is 3.14. The zero-order valence-corrected chi connectivity index (χ0v) is 8.32. The molecule has 0 aromatic heterocycles. The topological polar surface area (TPSA) is 12.0 Å². The molecule has 1 aliphatic rings. The van der Waals surface area contributed by atoms with Gasteiger partial charge in [0.2, 0.25) is 0 Å². The highest BCUT2D eigenvalue weighted by Gasteiger charge is 2.34. The molecule has 0 bridgehead atoms. The summed E-state index contributed by atoms with van der Waals surface area (Å²) in [6, 6.07) is 2.36. The highest BCUT2D eigenvalue weighted by atomic mass is 19.1. The van der Waals surface area contributed by atoms with E-state index in [1.54, 1.807) is 0 Å². The summed E-state index contributed by atoms with van der Waals surface area (Å²) in [6.45, 7) is 4.73. The molecule has 14 heavy (non-hydrogen) atoms. The van der Waals surface area contributed by atoms with E-state index >= 15 is 0 Å². The molecule has 1 atom stereocenters. The minimum Gasteiger partial charge on any atom is -0.382 e. The van der Waals surface area contributed by atoms with Crippen molar-refractivity contribution in [2.45, 2.75) is 25.7 Å². The van der Waals surface area contributed by atoms with Gasteiger partial charge in [0.15, 0.2) is 0 Å². The van der Waals surface area contributed by atoms with Gasteiger partial charge in [-0.2, -0.15) is 0 Å². The highest BCUT2D eigenvalue weighted by molar-refractivity contribution is 5.61. The molecule has 0 radical (unpaired) electrons.